The molecule has 94 valence electrons. The van der Waals surface area contributed by atoms with Crippen molar-refractivity contribution in [3.8, 4) is 0 Å². The maximum atomic E-state index is 11.8. The van der Waals surface area contributed by atoms with E-state index in [4.69, 9.17) is 0 Å². The number of aromatic nitrogens is 1. The number of ketones is 1. The van der Waals surface area contributed by atoms with Crippen molar-refractivity contribution < 1.29 is 4.79 Å². The number of carbonyl (C=O) groups is 1. The summed E-state index contributed by atoms with van der Waals surface area (Å²) in [5.41, 5.74) is 1.00. The number of hydrogen-bond donors (Lipinski definition) is 0. The highest BCUT2D eigenvalue weighted by molar-refractivity contribution is 8.00. The van der Waals surface area contributed by atoms with E-state index >= 15 is 0 Å². The number of aryl methyl sites for hydroxylation is 1. The second kappa shape index (κ2) is 6.20. The number of pyridine rings is 1. The van der Waals surface area contributed by atoms with Crippen LogP contribution in [-0.4, -0.2) is 16.5 Å². The predicted molar refractivity (Wildman–Crippen MR) is 73.4 cm³/mol. The van der Waals surface area contributed by atoms with Gasteiger partial charge in [-0.1, -0.05) is 34.1 Å². The van der Waals surface area contributed by atoms with Crippen LogP contribution in [0.25, 0.3) is 0 Å². The molecule has 2 nitrogen and oxygen atoms in total. The van der Waals surface area contributed by atoms with E-state index in [1.165, 1.54) is 5.56 Å². The van der Waals surface area contributed by atoms with Crippen molar-refractivity contribution in [3.63, 3.8) is 0 Å². The molecule has 0 aliphatic heterocycles. The third kappa shape index (κ3) is 4.90. The zero-order chi connectivity index (χ0) is 12.9. The molecule has 0 N–H and O–H groups in total. The summed E-state index contributed by atoms with van der Waals surface area (Å²) in [7, 11) is 0. The molecule has 0 aliphatic carbocycles. The van der Waals surface area contributed by atoms with Gasteiger partial charge in [0.05, 0.1) is 5.75 Å². The SMILES string of the molecule is CCCc1cncc(SCC(=O)C(C)(C)C)c1. The van der Waals surface area contributed by atoms with E-state index in [-0.39, 0.29) is 11.2 Å². The Morgan fingerprint density at radius 3 is 2.65 bits per heavy atom. The summed E-state index contributed by atoms with van der Waals surface area (Å²) < 4.78 is 0. The number of Topliss-reactive ketones (excluding diaryl/α,β-unsaturated/α-hetero) is 1. The number of nitrogens with zero attached hydrogens (tertiary/aromatic N) is 1. The molecular weight excluding hydrogens is 230 g/mol. The minimum absolute atomic E-state index is 0.249. The summed E-state index contributed by atoms with van der Waals surface area (Å²) in [6, 6.07) is 2.14. The van der Waals surface area contributed by atoms with E-state index in [1.807, 2.05) is 33.2 Å². The van der Waals surface area contributed by atoms with E-state index in [9.17, 15) is 4.79 Å². The maximum absolute atomic E-state index is 11.8. The van der Waals surface area contributed by atoms with Gasteiger partial charge in [-0.25, -0.2) is 0 Å². The first kappa shape index (κ1) is 14.2. The Hall–Kier alpha value is -0.830. The fourth-order valence-electron chi connectivity index (χ4n) is 1.33. The predicted octanol–water partition coefficient (Wildman–Crippen LogP) is 3.74. The lowest BCUT2D eigenvalue weighted by atomic mass is 9.92. The van der Waals surface area contributed by atoms with E-state index in [1.54, 1.807) is 11.8 Å². The van der Waals surface area contributed by atoms with Gasteiger partial charge in [0.15, 0.2) is 0 Å². The normalized spacial score (nSPS) is 11.5. The van der Waals surface area contributed by atoms with Crippen LogP contribution in [0.5, 0.6) is 0 Å². The molecule has 0 aliphatic rings. The lowest BCUT2D eigenvalue weighted by molar-refractivity contribution is -0.123. The van der Waals surface area contributed by atoms with Gasteiger partial charge in [-0.15, -0.1) is 11.8 Å². The largest absolute Gasteiger partial charge is 0.298 e. The van der Waals surface area contributed by atoms with Crippen molar-refractivity contribution in [1.82, 2.24) is 4.98 Å². The number of thioether (sulfide) groups is 1. The zero-order valence-corrected chi connectivity index (χ0v) is 11.9. The highest BCUT2D eigenvalue weighted by Crippen LogP contribution is 2.23. The summed E-state index contributed by atoms with van der Waals surface area (Å²) in [5.74, 6) is 0.809. The zero-order valence-electron chi connectivity index (χ0n) is 11.1. The highest BCUT2D eigenvalue weighted by Gasteiger charge is 2.20. The summed E-state index contributed by atoms with van der Waals surface area (Å²) >= 11 is 1.58. The molecule has 1 aromatic heterocycles. The summed E-state index contributed by atoms with van der Waals surface area (Å²) in [4.78, 5) is 17.1. The molecule has 1 aromatic rings. The Morgan fingerprint density at radius 2 is 2.06 bits per heavy atom. The van der Waals surface area contributed by atoms with Crippen molar-refractivity contribution in [2.45, 2.75) is 45.4 Å². The van der Waals surface area contributed by atoms with Crippen LogP contribution in [0.3, 0.4) is 0 Å². The molecular formula is C14H21NOS. The highest BCUT2D eigenvalue weighted by atomic mass is 32.2. The van der Waals surface area contributed by atoms with Gasteiger partial charge in [-0.3, -0.25) is 9.78 Å². The molecule has 0 saturated carbocycles. The molecule has 1 rings (SSSR count). The lowest BCUT2D eigenvalue weighted by Crippen LogP contribution is -2.21. The molecule has 0 unspecified atom stereocenters. The second-order valence-electron chi connectivity index (χ2n) is 5.24. The van der Waals surface area contributed by atoms with Crippen molar-refractivity contribution >= 4 is 17.5 Å². The molecule has 0 spiro atoms. The molecule has 0 radical (unpaired) electrons. The van der Waals surface area contributed by atoms with Gasteiger partial charge in [0.2, 0.25) is 0 Å². The quantitative estimate of drug-likeness (QED) is 0.747. The van der Waals surface area contributed by atoms with Crippen molar-refractivity contribution in [2.75, 3.05) is 5.75 Å². The first-order chi connectivity index (χ1) is 7.93. The third-order valence-electron chi connectivity index (χ3n) is 2.51. The standard InChI is InChI=1S/C14H21NOS/c1-5-6-11-7-12(9-15-8-11)17-10-13(16)14(2,3)4/h7-9H,5-6,10H2,1-4H3. The molecule has 0 aromatic carbocycles. The van der Waals surface area contributed by atoms with Crippen LogP contribution >= 0.6 is 11.8 Å². The van der Waals surface area contributed by atoms with E-state index in [2.05, 4.69) is 18.0 Å². The summed E-state index contributed by atoms with van der Waals surface area (Å²) in [6.45, 7) is 8.04. The molecule has 0 fully saturated rings. The van der Waals surface area contributed by atoms with Crippen molar-refractivity contribution in [2.24, 2.45) is 5.41 Å². The van der Waals surface area contributed by atoms with Crippen LogP contribution in [0.4, 0.5) is 0 Å². The van der Waals surface area contributed by atoms with Gasteiger partial charge in [0.25, 0.3) is 0 Å². The Bertz CT molecular complexity index is 382. The monoisotopic (exact) mass is 251 g/mol. The van der Waals surface area contributed by atoms with Gasteiger partial charge >= 0.3 is 0 Å². The molecule has 0 saturated heterocycles. The third-order valence-corrected chi connectivity index (χ3v) is 3.48. The van der Waals surface area contributed by atoms with Gasteiger partial charge in [-0.2, -0.15) is 0 Å². The lowest BCUT2D eigenvalue weighted by Gasteiger charge is -2.15. The van der Waals surface area contributed by atoms with Gasteiger partial charge < -0.3 is 0 Å². The van der Waals surface area contributed by atoms with E-state index in [0.717, 1.165) is 17.7 Å². The van der Waals surface area contributed by atoms with Gasteiger partial charge in [0.1, 0.15) is 5.78 Å². The van der Waals surface area contributed by atoms with Crippen LogP contribution in [0.1, 0.15) is 39.7 Å². The Labute approximate surface area is 108 Å². The number of rotatable bonds is 5. The van der Waals surface area contributed by atoms with Crippen LogP contribution in [0.2, 0.25) is 0 Å². The first-order valence-electron chi connectivity index (χ1n) is 6.03. The maximum Gasteiger partial charge on any atom is 0.148 e. The Kier molecular flexibility index (Phi) is 5.19. The van der Waals surface area contributed by atoms with E-state index < -0.39 is 0 Å². The fourth-order valence-corrected chi connectivity index (χ4v) is 2.43. The number of hydrogen-bond acceptors (Lipinski definition) is 3. The minimum atomic E-state index is -0.249. The smallest absolute Gasteiger partial charge is 0.148 e. The Morgan fingerprint density at radius 1 is 1.35 bits per heavy atom. The average Bonchev–Trinajstić information content (AvgIpc) is 2.25. The van der Waals surface area contributed by atoms with Gasteiger partial charge in [0, 0.05) is 22.7 Å². The summed E-state index contributed by atoms with van der Waals surface area (Å²) in [6.07, 6.45) is 5.91. The fraction of sp³-hybridized carbons (Fsp3) is 0.571. The molecule has 0 amide bonds. The molecule has 1 heterocycles. The van der Waals surface area contributed by atoms with Gasteiger partial charge in [-0.05, 0) is 18.1 Å². The van der Waals surface area contributed by atoms with Crippen LogP contribution < -0.4 is 0 Å². The molecule has 3 heteroatoms. The van der Waals surface area contributed by atoms with Crippen LogP contribution in [0, 0.1) is 5.41 Å². The first-order valence-corrected chi connectivity index (χ1v) is 7.02. The number of carbonyl (C=O) groups excluding carboxylic acids is 1. The van der Waals surface area contributed by atoms with Crippen molar-refractivity contribution in [1.29, 1.82) is 0 Å². The molecule has 0 atom stereocenters. The topological polar surface area (TPSA) is 30.0 Å². The molecule has 17 heavy (non-hydrogen) atoms. The molecule has 0 bridgehead atoms. The van der Waals surface area contributed by atoms with Crippen LogP contribution in [-0.2, 0) is 11.2 Å². The second-order valence-corrected chi connectivity index (χ2v) is 6.29. The average molecular weight is 251 g/mol. The summed E-state index contributed by atoms with van der Waals surface area (Å²) in [5, 5.41) is 0. The van der Waals surface area contributed by atoms with Crippen molar-refractivity contribution in [3.05, 3.63) is 24.0 Å². The van der Waals surface area contributed by atoms with E-state index in [0.29, 0.717) is 5.75 Å². The minimum Gasteiger partial charge on any atom is -0.298 e. The Balaban J connectivity index is 2.57. The van der Waals surface area contributed by atoms with Crippen LogP contribution in [0.15, 0.2) is 23.4 Å².